The molecule has 0 fully saturated rings. The van der Waals surface area contributed by atoms with Crippen molar-refractivity contribution in [1.82, 2.24) is 0 Å². The molecule has 0 heterocycles. The Balaban J connectivity index is 3.36. The maximum Gasteiger partial charge on any atom is 0.423 e. The molecule has 16 heavy (non-hydrogen) atoms. The van der Waals surface area contributed by atoms with Gasteiger partial charge in [0, 0.05) is 16.2 Å². The molecule has 1 aromatic rings. The summed E-state index contributed by atoms with van der Waals surface area (Å²) in [6, 6.07) is 3.80. The molecule has 0 aromatic heterocycles. The number of halogens is 5. The standard InChI is InChI=1S/C8H5ClF4O2S/c9-16(14,15)6-4-2-1-3-5(6)7(10)8(11,12)13/h1-4,7H. The second kappa shape index (κ2) is 4.21. The number of benzene rings is 1. The van der Waals surface area contributed by atoms with Crippen molar-refractivity contribution in [2.45, 2.75) is 17.2 Å². The predicted molar refractivity (Wildman–Crippen MR) is 49.4 cm³/mol. The lowest BCUT2D eigenvalue weighted by molar-refractivity contribution is -0.183. The van der Waals surface area contributed by atoms with Crippen LogP contribution >= 0.6 is 10.7 Å². The summed E-state index contributed by atoms with van der Waals surface area (Å²) in [5.41, 5.74) is -1.01. The van der Waals surface area contributed by atoms with Gasteiger partial charge >= 0.3 is 6.18 Å². The van der Waals surface area contributed by atoms with Crippen LogP contribution in [0.1, 0.15) is 11.7 Å². The fourth-order valence-electron chi connectivity index (χ4n) is 1.09. The smallest absolute Gasteiger partial charge is 0.232 e. The van der Waals surface area contributed by atoms with E-state index >= 15 is 0 Å². The van der Waals surface area contributed by atoms with E-state index in [1.165, 1.54) is 0 Å². The van der Waals surface area contributed by atoms with Crippen molar-refractivity contribution >= 4 is 19.7 Å². The molecule has 2 nitrogen and oxygen atoms in total. The third-order valence-corrected chi connectivity index (χ3v) is 3.14. The van der Waals surface area contributed by atoms with Gasteiger partial charge in [-0.25, -0.2) is 12.8 Å². The van der Waals surface area contributed by atoms with E-state index < -0.39 is 31.9 Å². The molecule has 0 aliphatic heterocycles. The zero-order valence-electron chi connectivity index (χ0n) is 7.50. The summed E-state index contributed by atoms with van der Waals surface area (Å²) in [6.07, 6.45) is -8.55. The van der Waals surface area contributed by atoms with Crippen LogP contribution in [-0.4, -0.2) is 14.6 Å². The number of hydrogen-bond acceptors (Lipinski definition) is 2. The summed E-state index contributed by atoms with van der Waals surface area (Å²) in [6.45, 7) is 0. The van der Waals surface area contributed by atoms with Crippen LogP contribution in [0.3, 0.4) is 0 Å². The maximum absolute atomic E-state index is 13.0. The van der Waals surface area contributed by atoms with Gasteiger partial charge in [-0.3, -0.25) is 0 Å². The fourth-order valence-corrected chi connectivity index (χ4v) is 2.20. The summed E-state index contributed by atoms with van der Waals surface area (Å²) in [5.74, 6) is 0. The van der Waals surface area contributed by atoms with Crippen LogP contribution in [0.4, 0.5) is 17.6 Å². The molecular formula is C8H5ClF4O2S. The second-order valence-corrected chi connectivity index (χ2v) is 5.41. The highest BCUT2D eigenvalue weighted by Gasteiger charge is 2.43. The summed E-state index contributed by atoms with van der Waals surface area (Å²) >= 11 is 0. The van der Waals surface area contributed by atoms with Crippen LogP contribution in [0.25, 0.3) is 0 Å². The minimum absolute atomic E-state index is 0.730. The molecule has 0 aliphatic carbocycles. The molecule has 0 bridgehead atoms. The van der Waals surface area contributed by atoms with E-state index in [9.17, 15) is 26.0 Å². The number of hydrogen-bond donors (Lipinski definition) is 0. The lowest BCUT2D eigenvalue weighted by Crippen LogP contribution is -2.18. The Kier molecular flexibility index (Phi) is 3.49. The van der Waals surface area contributed by atoms with E-state index in [0.717, 1.165) is 24.3 Å². The van der Waals surface area contributed by atoms with Gasteiger partial charge < -0.3 is 0 Å². The van der Waals surface area contributed by atoms with Gasteiger partial charge in [0.15, 0.2) is 0 Å². The molecule has 0 amide bonds. The first-order valence-electron chi connectivity index (χ1n) is 3.88. The Labute approximate surface area is 93.3 Å². The molecule has 0 saturated carbocycles. The molecule has 8 heteroatoms. The average molecular weight is 277 g/mol. The van der Waals surface area contributed by atoms with E-state index in [-0.39, 0.29) is 0 Å². The van der Waals surface area contributed by atoms with E-state index in [2.05, 4.69) is 0 Å². The number of rotatable bonds is 2. The minimum atomic E-state index is -5.17. The van der Waals surface area contributed by atoms with Gasteiger partial charge in [-0.05, 0) is 6.07 Å². The van der Waals surface area contributed by atoms with Crippen LogP contribution in [0, 0.1) is 0 Å². The maximum atomic E-state index is 13.0. The minimum Gasteiger partial charge on any atom is -0.232 e. The fraction of sp³-hybridized carbons (Fsp3) is 0.250. The van der Waals surface area contributed by atoms with Crippen molar-refractivity contribution in [3.8, 4) is 0 Å². The van der Waals surface area contributed by atoms with Crippen molar-refractivity contribution in [2.75, 3.05) is 0 Å². The van der Waals surface area contributed by atoms with Gasteiger partial charge in [0.05, 0.1) is 4.90 Å². The van der Waals surface area contributed by atoms with E-state index in [0.29, 0.717) is 0 Å². The normalized spacial score (nSPS) is 14.8. The van der Waals surface area contributed by atoms with Crippen LogP contribution in [-0.2, 0) is 9.05 Å². The molecular weight excluding hydrogens is 272 g/mol. The highest BCUT2D eigenvalue weighted by Crippen LogP contribution is 2.39. The third kappa shape index (κ3) is 2.85. The highest BCUT2D eigenvalue weighted by molar-refractivity contribution is 8.13. The van der Waals surface area contributed by atoms with Crippen molar-refractivity contribution in [2.24, 2.45) is 0 Å². The molecule has 1 rings (SSSR count). The summed E-state index contributed by atoms with van der Waals surface area (Å²) in [7, 11) is 0.490. The number of alkyl halides is 4. The average Bonchev–Trinajstić information content (AvgIpc) is 2.14. The topological polar surface area (TPSA) is 34.1 Å². The van der Waals surface area contributed by atoms with Gasteiger partial charge in [0.1, 0.15) is 0 Å². The van der Waals surface area contributed by atoms with Gasteiger partial charge in [-0.1, -0.05) is 18.2 Å². The van der Waals surface area contributed by atoms with Crippen molar-refractivity contribution in [3.63, 3.8) is 0 Å². The first-order chi connectivity index (χ1) is 7.14. The first kappa shape index (κ1) is 13.2. The van der Waals surface area contributed by atoms with Crippen molar-refractivity contribution in [1.29, 1.82) is 0 Å². The molecule has 1 unspecified atom stereocenters. The SMILES string of the molecule is O=S(=O)(Cl)c1ccccc1C(F)C(F)(F)F. The van der Waals surface area contributed by atoms with Gasteiger partial charge in [0.2, 0.25) is 6.17 Å². The molecule has 1 aromatic carbocycles. The zero-order valence-corrected chi connectivity index (χ0v) is 9.07. The van der Waals surface area contributed by atoms with E-state index in [1.807, 2.05) is 0 Å². The Morgan fingerprint density at radius 2 is 1.69 bits per heavy atom. The predicted octanol–water partition coefficient (Wildman–Crippen LogP) is 3.19. The summed E-state index contributed by atoms with van der Waals surface area (Å²) < 4.78 is 71.1. The van der Waals surface area contributed by atoms with E-state index in [1.54, 1.807) is 0 Å². The van der Waals surface area contributed by atoms with E-state index in [4.69, 9.17) is 10.7 Å². The molecule has 0 saturated heterocycles. The van der Waals surface area contributed by atoms with Gasteiger partial charge in [-0.2, -0.15) is 13.2 Å². The van der Waals surface area contributed by atoms with Crippen LogP contribution in [0.2, 0.25) is 0 Å². The zero-order chi connectivity index (χ0) is 12.6. The molecule has 0 radical (unpaired) electrons. The Morgan fingerprint density at radius 1 is 1.19 bits per heavy atom. The molecule has 0 aliphatic rings. The molecule has 0 N–H and O–H groups in total. The Morgan fingerprint density at radius 3 is 2.12 bits per heavy atom. The summed E-state index contributed by atoms with van der Waals surface area (Å²) in [4.78, 5) is -0.874. The first-order valence-corrected chi connectivity index (χ1v) is 6.19. The van der Waals surface area contributed by atoms with Crippen LogP contribution in [0.15, 0.2) is 29.2 Å². The largest absolute Gasteiger partial charge is 0.423 e. The van der Waals surface area contributed by atoms with Gasteiger partial charge in [-0.15, -0.1) is 0 Å². The Hall–Kier alpha value is -0.820. The summed E-state index contributed by atoms with van der Waals surface area (Å²) in [5, 5.41) is 0. The van der Waals surface area contributed by atoms with Gasteiger partial charge in [0.25, 0.3) is 9.05 Å². The monoisotopic (exact) mass is 276 g/mol. The second-order valence-electron chi connectivity index (χ2n) is 2.88. The lowest BCUT2D eigenvalue weighted by atomic mass is 10.1. The lowest BCUT2D eigenvalue weighted by Gasteiger charge is -2.14. The molecule has 0 spiro atoms. The molecule has 90 valence electrons. The Bertz CT molecular complexity index is 483. The van der Waals surface area contributed by atoms with Crippen molar-refractivity contribution < 1.29 is 26.0 Å². The third-order valence-electron chi connectivity index (χ3n) is 1.74. The molecule has 1 atom stereocenters. The van der Waals surface area contributed by atoms with Crippen molar-refractivity contribution in [3.05, 3.63) is 29.8 Å². The van der Waals surface area contributed by atoms with Crippen LogP contribution < -0.4 is 0 Å². The van der Waals surface area contributed by atoms with Crippen LogP contribution in [0.5, 0.6) is 0 Å². The quantitative estimate of drug-likeness (QED) is 0.614. The highest BCUT2D eigenvalue weighted by atomic mass is 35.7.